The lowest BCUT2D eigenvalue weighted by molar-refractivity contribution is -0.146. The van der Waals surface area contributed by atoms with Gasteiger partial charge in [0.25, 0.3) is 5.91 Å². The van der Waals surface area contributed by atoms with E-state index >= 15 is 0 Å². The standard InChI is InChI=1S/C17H20N2O3/c1-4-22-17(21)15(11(2)3)19-16(20)14-10-9-12-7-5-6-8-13(12)18-14/h5-11,15H,4H2,1-3H3,(H,19,20)/t15-/m0/s1. The van der Waals surface area contributed by atoms with Crippen molar-refractivity contribution in [2.24, 2.45) is 5.92 Å². The fourth-order valence-corrected chi connectivity index (χ4v) is 2.14. The minimum absolute atomic E-state index is 0.0662. The third-order valence-corrected chi connectivity index (χ3v) is 3.32. The molecule has 5 heteroatoms. The van der Waals surface area contributed by atoms with Crippen LogP contribution in [0.4, 0.5) is 0 Å². The van der Waals surface area contributed by atoms with Crippen molar-refractivity contribution in [3.8, 4) is 0 Å². The normalized spacial score (nSPS) is 12.2. The van der Waals surface area contributed by atoms with Gasteiger partial charge in [0.2, 0.25) is 0 Å². The average Bonchev–Trinajstić information content (AvgIpc) is 2.51. The topological polar surface area (TPSA) is 68.3 Å². The summed E-state index contributed by atoms with van der Waals surface area (Å²) < 4.78 is 5.00. The van der Waals surface area contributed by atoms with Crippen molar-refractivity contribution in [3.05, 3.63) is 42.1 Å². The number of aromatic nitrogens is 1. The molecule has 22 heavy (non-hydrogen) atoms. The van der Waals surface area contributed by atoms with Gasteiger partial charge in [0.05, 0.1) is 12.1 Å². The number of amides is 1. The summed E-state index contributed by atoms with van der Waals surface area (Å²) in [5.74, 6) is -0.868. The maximum atomic E-state index is 12.3. The van der Waals surface area contributed by atoms with Gasteiger partial charge in [-0.25, -0.2) is 9.78 Å². The molecular weight excluding hydrogens is 280 g/mol. The van der Waals surface area contributed by atoms with Crippen molar-refractivity contribution in [2.45, 2.75) is 26.8 Å². The Morgan fingerprint density at radius 1 is 1.18 bits per heavy atom. The van der Waals surface area contributed by atoms with Crippen molar-refractivity contribution in [1.82, 2.24) is 10.3 Å². The van der Waals surface area contributed by atoms with Gasteiger partial charge in [0.1, 0.15) is 11.7 Å². The van der Waals surface area contributed by atoms with Gasteiger partial charge in [0.15, 0.2) is 0 Å². The second-order valence-electron chi connectivity index (χ2n) is 5.34. The third kappa shape index (κ3) is 3.61. The van der Waals surface area contributed by atoms with Crippen molar-refractivity contribution in [3.63, 3.8) is 0 Å². The minimum atomic E-state index is -0.680. The third-order valence-electron chi connectivity index (χ3n) is 3.32. The van der Waals surface area contributed by atoms with E-state index in [-0.39, 0.29) is 24.1 Å². The quantitative estimate of drug-likeness (QED) is 0.862. The summed E-state index contributed by atoms with van der Waals surface area (Å²) in [5, 5.41) is 3.67. The van der Waals surface area contributed by atoms with Crippen molar-refractivity contribution < 1.29 is 14.3 Å². The van der Waals surface area contributed by atoms with Gasteiger partial charge in [-0.2, -0.15) is 0 Å². The second kappa shape index (κ2) is 7.02. The van der Waals surface area contributed by atoms with E-state index in [1.807, 2.05) is 44.2 Å². The summed E-state index contributed by atoms with van der Waals surface area (Å²) >= 11 is 0. The Balaban J connectivity index is 2.19. The van der Waals surface area contributed by atoms with Crippen LogP contribution in [0.2, 0.25) is 0 Å². The van der Waals surface area contributed by atoms with Crippen LogP contribution in [0.25, 0.3) is 10.9 Å². The predicted molar refractivity (Wildman–Crippen MR) is 84.5 cm³/mol. The Hall–Kier alpha value is -2.43. The fraction of sp³-hybridized carbons (Fsp3) is 0.353. The van der Waals surface area contributed by atoms with E-state index < -0.39 is 12.0 Å². The van der Waals surface area contributed by atoms with E-state index in [0.29, 0.717) is 0 Å². The molecule has 2 aromatic rings. The summed E-state index contributed by atoms with van der Waals surface area (Å²) in [5.41, 5.74) is 1.03. The minimum Gasteiger partial charge on any atom is -0.464 e. The molecule has 2 rings (SSSR count). The highest BCUT2D eigenvalue weighted by molar-refractivity contribution is 5.97. The number of rotatable bonds is 5. The van der Waals surface area contributed by atoms with Crippen molar-refractivity contribution in [2.75, 3.05) is 6.61 Å². The van der Waals surface area contributed by atoms with Crippen LogP contribution < -0.4 is 5.32 Å². The van der Waals surface area contributed by atoms with Crippen LogP contribution in [0.3, 0.4) is 0 Å². The average molecular weight is 300 g/mol. The Bertz CT molecular complexity index is 682. The van der Waals surface area contributed by atoms with Gasteiger partial charge in [-0.15, -0.1) is 0 Å². The molecule has 0 saturated carbocycles. The maximum Gasteiger partial charge on any atom is 0.328 e. The Labute approximate surface area is 129 Å². The number of esters is 1. The molecule has 0 aliphatic heterocycles. The molecule has 1 heterocycles. The summed E-state index contributed by atoms with van der Waals surface area (Å²) in [6, 6.07) is 10.4. The Morgan fingerprint density at radius 2 is 1.91 bits per heavy atom. The number of carbonyl (C=O) groups excluding carboxylic acids is 2. The number of carbonyl (C=O) groups is 2. The monoisotopic (exact) mass is 300 g/mol. The molecule has 0 aliphatic carbocycles. The molecule has 5 nitrogen and oxygen atoms in total. The zero-order valence-electron chi connectivity index (χ0n) is 13.0. The van der Waals surface area contributed by atoms with Crippen LogP contribution in [-0.4, -0.2) is 29.5 Å². The second-order valence-corrected chi connectivity index (χ2v) is 5.34. The lowest BCUT2D eigenvalue weighted by Gasteiger charge is -2.20. The highest BCUT2D eigenvalue weighted by Gasteiger charge is 2.26. The maximum absolute atomic E-state index is 12.3. The summed E-state index contributed by atoms with van der Waals surface area (Å²) in [4.78, 5) is 28.6. The summed E-state index contributed by atoms with van der Waals surface area (Å²) in [6.45, 7) is 5.74. The largest absolute Gasteiger partial charge is 0.464 e. The number of benzene rings is 1. The first-order valence-corrected chi connectivity index (χ1v) is 7.36. The Morgan fingerprint density at radius 3 is 2.59 bits per heavy atom. The molecule has 1 aromatic heterocycles. The number of nitrogens with one attached hydrogen (secondary N) is 1. The number of ether oxygens (including phenoxy) is 1. The molecule has 0 bridgehead atoms. The fourth-order valence-electron chi connectivity index (χ4n) is 2.14. The molecule has 0 radical (unpaired) electrons. The zero-order chi connectivity index (χ0) is 16.1. The molecule has 0 unspecified atom stereocenters. The number of hydrogen-bond acceptors (Lipinski definition) is 4. The lowest BCUT2D eigenvalue weighted by Crippen LogP contribution is -2.45. The van der Waals surface area contributed by atoms with E-state index in [1.165, 1.54) is 0 Å². The number of para-hydroxylation sites is 1. The SMILES string of the molecule is CCOC(=O)[C@@H](NC(=O)c1ccc2ccccc2n1)C(C)C. The van der Waals surface area contributed by atoms with Crippen LogP contribution in [0.5, 0.6) is 0 Å². The molecule has 1 amide bonds. The van der Waals surface area contributed by atoms with Crippen LogP contribution in [-0.2, 0) is 9.53 Å². The summed E-state index contributed by atoms with van der Waals surface area (Å²) in [7, 11) is 0. The lowest BCUT2D eigenvalue weighted by atomic mass is 10.0. The molecule has 0 spiro atoms. The number of nitrogens with zero attached hydrogens (tertiary/aromatic N) is 1. The first-order chi connectivity index (χ1) is 10.5. The number of pyridine rings is 1. The van der Waals surface area contributed by atoms with E-state index in [9.17, 15) is 9.59 Å². The molecule has 0 aliphatic rings. The van der Waals surface area contributed by atoms with Crippen LogP contribution >= 0.6 is 0 Å². The van der Waals surface area contributed by atoms with Gasteiger partial charge < -0.3 is 10.1 Å². The van der Waals surface area contributed by atoms with Gasteiger partial charge in [-0.1, -0.05) is 38.1 Å². The summed E-state index contributed by atoms with van der Waals surface area (Å²) in [6.07, 6.45) is 0. The van der Waals surface area contributed by atoms with E-state index in [1.54, 1.807) is 13.0 Å². The highest BCUT2D eigenvalue weighted by atomic mass is 16.5. The van der Waals surface area contributed by atoms with E-state index in [2.05, 4.69) is 10.3 Å². The van der Waals surface area contributed by atoms with E-state index in [4.69, 9.17) is 4.74 Å². The first-order valence-electron chi connectivity index (χ1n) is 7.36. The predicted octanol–water partition coefficient (Wildman–Crippen LogP) is 2.55. The number of hydrogen-bond donors (Lipinski definition) is 1. The van der Waals surface area contributed by atoms with Gasteiger partial charge >= 0.3 is 5.97 Å². The van der Waals surface area contributed by atoms with E-state index in [0.717, 1.165) is 10.9 Å². The van der Waals surface area contributed by atoms with Crippen molar-refractivity contribution >= 4 is 22.8 Å². The van der Waals surface area contributed by atoms with Crippen LogP contribution in [0.1, 0.15) is 31.3 Å². The molecular formula is C17H20N2O3. The molecule has 116 valence electrons. The highest BCUT2D eigenvalue weighted by Crippen LogP contribution is 2.12. The molecule has 1 N–H and O–H groups in total. The van der Waals surface area contributed by atoms with Crippen molar-refractivity contribution in [1.29, 1.82) is 0 Å². The van der Waals surface area contributed by atoms with Gasteiger partial charge in [0, 0.05) is 5.39 Å². The molecule has 1 aromatic carbocycles. The van der Waals surface area contributed by atoms with Crippen LogP contribution in [0, 0.1) is 5.92 Å². The molecule has 0 fully saturated rings. The van der Waals surface area contributed by atoms with Crippen LogP contribution in [0.15, 0.2) is 36.4 Å². The smallest absolute Gasteiger partial charge is 0.328 e. The number of fused-ring (bicyclic) bond motifs is 1. The van der Waals surface area contributed by atoms with Gasteiger partial charge in [-0.3, -0.25) is 4.79 Å². The Kier molecular flexibility index (Phi) is 5.09. The molecule has 0 saturated heterocycles. The first kappa shape index (κ1) is 15.9. The van der Waals surface area contributed by atoms with Gasteiger partial charge in [-0.05, 0) is 25.0 Å². The molecule has 1 atom stereocenters. The zero-order valence-corrected chi connectivity index (χ0v) is 13.0.